The van der Waals surface area contributed by atoms with Crippen molar-refractivity contribution in [3.05, 3.63) is 70.7 Å². The zero-order valence-corrected chi connectivity index (χ0v) is 17.4. The minimum absolute atomic E-state index is 0.0436. The second kappa shape index (κ2) is 7.95. The molecule has 1 aromatic heterocycles. The summed E-state index contributed by atoms with van der Waals surface area (Å²) >= 11 is 0. The zero-order chi connectivity index (χ0) is 21.3. The van der Waals surface area contributed by atoms with Crippen molar-refractivity contribution in [2.75, 3.05) is 18.8 Å². The van der Waals surface area contributed by atoms with Crippen LogP contribution in [0.25, 0.3) is 16.7 Å². The molecule has 156 valence electrons. The van der Waals surface area contributed by atoms with Gasteiger partial charge in [-0.3, -0.25) is 9.36 Å². The van der Waals surface area contributed by atoms with Crippen molar-refractivity contribution in [3.8, 4) is 0 Å². The quantitative estimate of drug-likeness (QED) is 0.626. The molecule has 8 heteroatoms. The Bertz CT molecular complexity index is 1290. The fraction of sp³-hybridized carbons (Fsp3) is 0.273. The van der Waals surface area contributed by atoms with Crippen LogP contribution in [0.4, 0.5) is 0 Å². The van der Waals surface area contributed by atoms with E-state index in [1.54, 1.807) is 11.9 Å². The van der Waals surface area contributed by atoms with Gasteiger partial charge in [0, 0.05) is 32.6 Å². The highest BCUT2D eigenvalue weighted by molar-refractivity contribution is 7.91. The molecule has 1 amide bonds. The number of amides is 1. The van der Waals surface area contributed by atoms with Gasteiger partial charge in [-0.25, -0.2) is 13.2 Å². The van der Waals surface area contributed by atoms with Crippen LogP contribution in [0.2, 0.25) is 0 Å². The number of benzene rings is 2. The van der Waals surface area contributed by atoms with Gasteiger partial charge < -0.3 is 9.32 Å². The van der Waals surface area contributed by atoms with E-state index in [2.05, 4.69) is 0 Å². The maximum absolute atomic E-state index is 12.7. The third-order valence-electron chi connectivity index (χ3n) is 5.41. The summed E-state index contributed by atoms with van der Waals surface area (Å²) < 4.78 is 31.7. The number of sulfone groups is 1. The largest absolute Gasteiger partial charge is 0.419 e. The molecule has 0 N–H and O–H groups in total. The van der Waals surface area contributed by atoms with Gasteiger partial charge in [0.2, 0.25) is 5.91 Å². The molecule has 0 bridgehead atoms. The van der Waals surface area contributed by atoms with Crippen LogP contribution in [0.1, 0.15) is 18.4 Å². The van der Waals surface area contributed by atoms with E-state index in [-0.39, 0.29) is 28.6 Å². The summed E-state index contributed by atoms with van der Waals surface area (Å²) in [5.41, 5.74) is 3.08. The Kier molecular flexibility index (Phi) is 5.34. The van der Waals surface area contributed by atoms with Gasteiger partial charge in [-0.15, -0.1) is 0 Å². The minimum atomic E-state index is -3.68. The fourth-order valence-corrected chi connectivity index (χ4v) is 4.86. The van der Waals surface area contributed by atoms with Crippen molar-refractivity contribution >= 4 is 32.4 Å². The van der Waals surface area contributed by atoms with Crippen LogP contribution in [0.3, 0.4) is 0 Å². The van der Waals surface area contributed by atoms with Crippen molar-refractivity contribution in [1.82, 2.24) is 9.47 Å². The number of oxazole rings is 1. The normalized spacial score (nSPS) is 14.7. The topological polar surface area (TPSA) is 89.6 Å². The molecule has 0 saturated carbocycles. The van der Waals surface area contributed by atoms with Gasteiger partial charge in [-0.05, 0) is 29.7 Å². The van der Waals surface area contributed by atoms with Crippen molar-refractivity contribution < 1.29 is 17.6 Å². The Labute approximate surface area is 174 Å². The van der Waals surface area contributed by atoms with E-state index in [9.17, 15) is 18.0 Å². The molecule has 1 aliphatic heterocycles. The highest BCUT2D eigenvalue weighted by Crippen LogP contribution is 2.23. The van der Waals surface area contributed by atoms with Gasteiger partial charge in [0.05, 0.1) is 16.2 Å². The predicted molar refractivity (Wildman–Crippen MR) is 114 cm³/mol. The molecule has 0 saturated heterocycles. The molecule has 1 aliphatic rings. The van der Waals surface area contributed by atoms with Gasteiger partial charge in [0.15, 0.2) is 15.4 Å². The molecule has 4 rings (SSSR count). The Balaban J connectivity index is 1.41. The summed E-state index contributed by atoms with van der Waals surface area (Å²) in [6.07, 6.45) is 2.68. The highest BCUT2D eigenvalue weighted by atomic mass is 32.2. The van der Waals surface area contributed by atoms with E-state index >= 15 is 0 Å². The lowest BCUT2D eigenvalue weighted by Gasteiger charge is -2.26. The average Bonchev–Trinajstić information content (AvgIpc) is 3.06. The van der Waals surface area contributed by atoms with Crippen LogP contribution in [-0.2, 0) is 21.7 Å². The first-order chi connectivity index (χ1) is 14.3. The lowest BCUT2D eigenvalue weighted by atomic mass is 9.99. The summed E-state index contributed by atoms with van der Waals surface area (Å²) in [4.78, 5) is 25.9. The maximum Gasteiger partial charge on any atom is 0.419 e. The molecule has 2 heterocycles. The number of carbonyl (C=O) groups is 1. The van der Waals surface area contributed by atoms with Crippen molar-refractivity contribution in [2.24, 2.45) is 7.05 Å². The number of nitrogens with zero attached hydrogens (tertiary/aromatic N) is 2. The molecule has 30 heavy (non-hydrogen) atoms. The molecule has 0 atom stereocenters. The Morgan fingerprint density at radius 1 is 1.13 bits per heavy atom. The van der Waals surface area contributed by atoms with Crippen molar-refractivity contribution in [1.29, 1.82) is 0 Å². The van der Waals surface area contributed by atoms with Gasteiger partial charge in [0.25, 0.3) is 0 Å². The summed E-state index contributed by atoms with van der Waals surface area (Å²) in [7, 11) is -2.12. The second-order valence-corrected chi connectivity index (χ2v) is 9.42. The van der Waals surface area contributed by atoms with Crippen LogP contribution in [0, 0.1) is 0 Å². The number of hydrogen-bond acceptors (Lipinski definition) is 5. The number of fused-ring (bicyclic) bond motifs is 1. The molecular formula is C22H22N2O5S. The van der Waals surface area contributed by atoms with Crippen LogP contribution >= 0.6 is 0 Å². The van der Waals surface area contributed by atoms with Crippen LogP contribution < -0.4 is 5.76 Å². The molecule has 2 aromatic carbocycles. The summed E-state index contributed by atoms with van der Waals surface area (Å²) in [6.45, 7) is 1.05. The van der Waals surface area contributed by atoms with Crippen LogP contribution in [-0.4, -0.2) is 42.6 Å². The highest BCUT2D eigenvalue weighted by Gasteiger charge is 2.22. The Hall–Kier alpha value is -3.13. The number of aromatic nitrogens is 1. The molecular weight excluding hydrogens is 404 g/mol. The first kappa shape index (κ1) is 20.2. The Morgan fingerprint density at radius 3 is 2.60 bits per heavy atom. The number of rotatable bonds is 5. The van der Waals surface area contributed by atoms with Gasteiger partial charge in [-0.1, -0.05) is 36.4 Å². The SMILES string of the molecule is Cn1c(=O)oc2cc(S(=O)(=O)CCC(=O)N3CC=C(c4ccccc4)CC3)ccc21. The van der Waals surface area contributed by atoms with Gasteiger partial charge in [0.1, 0.15) is 0 Å². The molecule has 7 nitrogen and oxygen atoms in total. The first-order valence-corrected chi connectivity index (χ1v) is 11.3. The molecule has 0 radical (unpaired) electrons. The van der Waals surface area contributed by atoms with E-state index in [1.807, 2.05) is 36.4 Å². The smallest absolute Gasteiger partial charge is 0.408 e. The van der Waals surface area contributed by atoms with E-state index in [1.165, 1.54) is 28.3 Å². The average molecular weight is 426 g/mol. The number of aryl methyl sites for hydroxylation is 1. The number of carbonyl (C=O) groups excluding carboxylic acids is 1. The zero-order valence-electron chi connectivity index (χ0n) is 16.6. The fourth-order valence-electron chi connectivity index (χ4n) is 3.62. The molecule has 0 fully saturated rings. The molecule has 3 aromatic rings. The number of hydrogen-bond donors (Lipinski definition) is 0. The third-order valence-corrected chi connectivity index (χ3v) is 7.13. The molecule has 0 spiro atoms. The van der Waals surface area contributed by atoms with E-state index in [0.29, 0.717) is 18.6 Å². The van der Waals surface area contributed by atoms with Crippen LogP contribution in [0.5, 0.6) is 0 Å². The van der Waals surface area contributed by atoms with Gasteiger partial charge in [-0.2, -0.15) is 0 Å². The lowest BCUT2D eigenvalue weighted by molar-refractivity contribution is -0.130. The lowest BCUT2D eigenvalue weighted by Crippen LogP contribution is -2.35. The maximum atomic E-state index is 12.7. The summed E-state index contributed by atoms with van der Waals surface area (Å²) in [6, 6.07) is 14.3. The third kappa shape index (κ3) is 3.95. The van der Waals surface area contributed by atoms with Crippen molar-refractivity contribution in [2.45, 2.75) is 17.7 Å². The second-order valence-electron chi connectivity index (χ2n) is 7.31. The van der Waals surface area contributed by atoms with E-state index < -0.39 is 15.6 Å². The van der Waals surface area contributed by atoms with Crippen molar-refractivity contribution in [3.63, 3.8) is 0 Å². The van der Waals surface area contributed by atoms with E-state index in [4.69, 9.17) is 4.42 Å². The van der Waals surface area contributed by atoms with Gasteiger partial charge >= 0.3 is 5.76 Å². The molecule has 0 unspecified atom stereocenters. The summed E-state index contributed by atoms with van der Waals surface area (Å²) in [5.74, 6) is -1.03. The van der Waals surface area contributed by atoms with Crippen LogP contribution in [0.15, 0.2) is 68.7 Å². The van der Waals surface area contributed by atoms with E-state index in [0.717, 1.165) is 12.0 Å². The standard InChI is InChI=1S/C22H22N2O5S/c1-23-19-8-7-18(15-20(19)29-22(23)26)30(27,28)14-11-21(25)24-12-9-17(10-13-24)16-5-3-2-4-6-16/h2-9,15H,10-14H2,1H3. The monoisotopic (exact) mass is 426 g/mol. The minimum Gasteiger partial charge on any atom is -0.408 e. The summed E-state index contributed by atoms with van der Waals surface area (Å²) in [5, 5.41) is 0. The Morgan fingerprint density at radius 2 is 1.90 bits per heavy atom. The molecule has 0 aliphatic carbocycles. The predicted octanol–water partition coefficient (Wildman–Crippen LogP) is 2.61. The first-order valence-electron chi connectivity index (χ1n) is 9.70.